The van der Waals surface area contributed by atoms with E-state index < -0.39 is 23.4 Å². The highest BCUT2D eigenvalue weighted by Crippen LogP contribution is 2.23. The highest BCUT2D eigenvalue weighted by atomic mass is 16.6. The lowest BCUT2D eigenvalue weighted by molar-refractivity contribution is -0.384. The van der Waals surface area contributed by atoms with Crippen LogP contribution in [0.5, 0.6) is 0 Å². The zero-order chi connectivity index (χ0) is 21.4. The van der Waals surface area contributed by atoms with Crippen molar-refractivity contribution in [3.8, 4) is 0 Å². The topological polar surface area (TPSA) is 124 Å². The second kappa shape index (κ2) is 10.2. The molecule has 0 fully saturated rings. The third-order valence-electron chi connectivity index (χ3n) is 4.00. The molecule has 0 aliphatic heterocycles. The van der Waals surface area contributed by atoms with Gasteiger partial charge >= 0.3 is 5.97 Å². The average Bonchev–Trinajstić information content (AvgIpc) is 3.10. The number of nitrogens with one attached hydrogen (secondary N) is 1. The number of aryl methyl sites for hydroxylation is 1. The van der Waals surface area contributed by atoms with Crippen LogP contribution in [-0.4, -0.2) is 55.6 Å². The standard InChI is InChI=1S/C19H23N3O7/c1-13-4-6-15(29-13)11-21(2)18(23)12-28-19(24)16-10-14(22(25)26)5-7-17(16)20-8-9-27-3/h4-7,10,20H,8-9,11-12H2,1-3H3. The maximum Gasteiger partial charge on any atom is 0.341 e. The summed E-state index contributed by atoms with van der Waals surface area (Å²) in [6.07, 6.45) is 0. The normalized spacial score (nSPS) is 10.4. The van der Waals surface area contributed by atoms with Crippen LogP contribution in [0, 0.1) is 17.0 Å². The number of rotatable bonds is 10. The summed E-state index contributed by atoms with van der Waals surface area (Å²) in [5.41, 5.74) is 0.0582. The molecule has 0 atom stereocenters. The second-order valence-corrected chi connectivity index (χ2v) is 6.24. The van der Waals surface area contributed by atoms with Crippen LogP contribution in [0.3, 0.4) is 0 Å². The zero-order valence-corrected chi connectivity index (χ0v) is 16.5. The van der Waals surface area contributed by atoms with Gasteiger partial charge in [-0.25, -0.2) is 4.79 Å². The van der Waals surface area contributed by atoms with Crippen molar-refractivity contribution >= 4 is 23.3 Å². The van der Waals surface area contributed by atoms with E-state index in [9.17, 15) is 19.7 Å². The Morgan fingerprint density at radius 2 is 2.03 bits per heavy atom. The van der Waals surface area contributed by atoms with Gasteiger partial charge in [0.05, 0.1) is 23.6 Å². The number of carbonyl (C=O) groups is 2. The Bertz CT molecular complexity index is 878. The van der Waals surface area contributed by atoms with E-state index in [0.717, 1.165) is 11.8 Å². The summed E-state index contributed by atoms with van der Waals surface area (Å²) in [6, 6.07) is 7.34. The summed E-state index contributed by atoms with van der Waals surface area (Å²) < 4.78 is 15.4. The molecule has 29 heavy (non-hydrogen) atoms. The van der Waals surface area contributed by atoms with Crippen LogP contribution in [0.25, 0.3) is 0 Å². The number of amides is 1. The minimum Gasteiger partial charge on any atom is -0.464 e. The summed E-state index contributed by atoms with van der Waals surface area (Å²) in [4.78, 5) is 36.5. The summed E-state index contributed by atoms with van der Waals surface area (Å²) in [7, 11) is 3.08. The van der Waals surface area contributed by atoms with E-state index in [1.54, 1.807) is 26.1 Å². The van der Waals surface area contributed by atoms with Gasteiger partial charge < -0.3 is 24.1 Å². The maximum absolute atomic E-state index is 12.5. The molecule has 0 radical (unpaired) electrons. The minimum absolute atomic E-state index is 0.0348. The molecule has 10 nitrogen and oxygen atoms in total. The molecule has 0 saturated heterocycles. The van der Waals surface area contributed by atoms with Crippen LogP contribution in [0.2, 0.25) is 0 Å². The van der Waals surface area contributed by atoms with E-state index in [1.807, 2.05) is 0 Å². The number of carbonyl (C=O) groups excluding carboxylic acids is 2. The first-order valence-electron chi connectivity index (χ1n) is 8.79. The Morgan fingerprint density at radius 3 is 2.66 bits per heavy atom. The third kappa shape index (κ3) is 6.32. The molecule has 1 aromatic carbocycles. The summed E-state index contributed by atoms with van der Waals surface area (Å²) in [6.45, 7) is 2.28. The fourth-order valence-electron chi connectivity index (χ4n) is 2.46. The van der Waals surface area contributed by atoms with Gasteiger partial charge in [-0.3, -0.25) is 14.9 Å². The van der Waals surface area contributed by atoms with Gasteiger partial charge in [0, 0.05) is 38.5 Å². The average molecular weight is 405 g/mol. The fourth-order valence-corrected chi connectivity index (χ4v) is 2.46. The number of likely N-dealkylation sites (N-methyl/N-ethyl adjacent to an activating group) is 1. The lowest BCUT2D eigenvalue weighted by Crippen LogP contribution is -2.30. The lowest BCUT2D eigenvalue weighted by atomic mass is 10.1. The first-order chi connectivity index (χ1) is 13.8. The maximum atomic E-state index is 12.5. The van der Waals surface area contributed by atoms with E-state index in [0.29, 0.717) is 24.6 Å². The molecular weight excluding hydrogens is 382 g/mol. The van der Waals surface area contributed by atoms with Gasteiger partial charge in [-0.1, -0.05) is 0 Å². The molecule has 0 aliphatic carbocycles. The van der Waals surface area contributed by atoms with E-state index >= 15 is 0 Å². The number of ether oxygens (including phenoxy) is 2. The van der Waals surface area contributed by atoms with Gasteiger partial charge in [0.25, 0.3) is 11.6 Å². The van der Waals surface area contributed by atoms with Crippen molar-refractivity contribution in [2.45, 2.75) is 13.5 Å². The molecule has 1 heterocycles. The van der Waals surface area contributed by atoms with Crippen LogP contribution < -0.4 is 5.32 Å². The van der Waals surface area contributed by atoms with Crippen molar-refractivity contribution in [3.63, 3.8) is 0 Å². The number of esters is 1. The first kappa shape index (κ1) is 21.9. The SMILES string of the molecule is COCCNc1ccc([N+](=O)[O-])cc1C(=O)OCC(=O)N(C)Cc1ccc(C)o1. The molecule has 1 N–H and O–H groups in total. The summed E-state index contributed by atoms with van der Waals surface area (Å²) in [5, 5.41) is 14.0. The van der Waals surface area contributed by atoms with Gasteiger partial charge in [0.2, 0.25) is 0 Å². The fraction of sp³-hybridized carbons (Fsp3) is 0.368. The number of non-ortho nitro benzene ring substituents is 1. The molecule has 2 aromatic rings. The van der Waals surface area contributed by atoms with Crippen molar-refractivity contribution in [2.24, 2.45) is 0 Å². The van der Waals surface area contributed by atoms with Crippen LogP contribution >= 0.6 is 0 Å². The van der Waals surface area contributed by atoms with Crippen molar-refractivity contribution < 1.29 is 28.4 Å². The number of nitrogens with zero attached hydrogens (tertiary/aromatic N) is 2. The van der Waals surface area contributed by atoms with Gasteiger partial charge in [-0.2, -0.15) is 0 Å². The minimum atomic E-state index is -0.843. The summed E-state index contributed by atoms with van der Waals surface area (Å²) in [5.74, 6) is 0.0513. The quantitative estimate of drug-likeness (QED) is 0.276. The number of furan rings is 1. The number of nitro benzene ring substituents is 1. The Kier molecular flexibility index (Phi) is 7.72. The van der Waals surface area contributed by atoms with Crippen molar-refractivity contribution in [1.82, 2.24) is 4.90 Å². The Morgan fingerprint density at radius 1 is 1.28 bits per heavy atom. The van der Waals surface area contributed by atoms with E-state index in [-0.39, 0.29) is 17.8 Å². The van der Waals surface area contributed by atoms with Crippen LogP contribution in [0.4, 0.5) is 11.4 Å². The lowest BCUT2D eigenvalue weighted by Gasteiger charge is -2.16. The molecule has 1 amide bonds. The van der Waals surface area contributed by atoms with Crippen LogP contribution in [-0.2, 0) is 20.8 Å². The van der Waals surface area contributed by atoms with Crippen molar-refractivity contribution in [1.29, 1.82) is 0 Å². The number of hydrogen-bond acceptors (Lipinski definition) is 8. The number of hydrogen-bond donors (Lipinski definition) is 1. The highest BCUT2D eigenvalue weighted by Gasteiger charge is 2.20. The van der Waals surface area contributed by atoms with E-state index in [4.69, 9.17) is 13.9 Å². The Balaban J connectivity index is 2.02. The zero-order valence-electron chi connectivity index (χ0n) is 16.5. The van der Waals surface area contributed by atoms with Crippen molar-refractivity contribution in [2.75, 3.05) is 39.2 Å². The van der Waals surface area contributed by atoms with Gasteiger partial charge in [-0.05, 0) is 25.1 Å². The van der Waals surface area contributed by atoms with Crippen LogP contribution in [0.1, 0.15) is 21.9 Å². The molecule has 0 spiro atoms. The van der Waals surface area contributed by atoms with E-state index in [1.165, 1.54) is 24.1 Å². The smallest absolute Gasteiger partial charge is 0.341 e. The number of nitro groups is 1. The first-order valence-corrected chi connectivity index (χ1v) is 8.79. The molecule has 0 aliphatic rings. The predicted octanol–water partition coefficient (Wildman–Crippen LogP) is 2.37. The Labute approximate surface area is 167 Å². The summed E-state index contributed by atoms with van der Waals surface area (Å²) >= 11 is 0. The third-order valence-corrected chi connectivity index (χ3v) is 4.00. The molecule has 0 unspecified atom stereocenters. The molecule has 10 heteroatoms. The molecule has 0 bridgehead atoms. The number of anilines is 1. The van der Waals surface area contributed by atoms with Gasteiger partial charge in [0.15, 0.2) is 6.61 Å². The second-order valence-electron chi connectivity index (χ2n) is 6.24. The van der Waals surface area contributed by atoms with Gasteiger partial charge in [-0.15, -0.1) is 0 Å². The number of benzene rings is 1. The van der Waals surface area contributed by atoms with Crippen molar-refractivity contribution in [3.05, 3.63) is 57.5 Å². The predicted molar refractivity (Wildman–Crippen MR) is 104 cm³/mol. The molecule has 2 rings (SSSR count). The molecule has 0 saturated carbocycles. The number of methoxy groups -OCH3 is 1. The molecular formula is C19H23N3O7. The Hall–Kier alpha value is -3.40. The molecule has 156 valence electrons. The van der Waals surface area contributed by atoms with Gasteiger partial charge in [0.1, 0.15) is 11.5 Å². The molecule has 1 aromatic heterocycles. The monoisotopic (exact) mass is 405 g/mol. The van der Waals surface area contributed by atoms with Crippen LogP contribution in [0.15, 0.2) is 34.7 Å². The van der Waals surface area contributed by atoms with E-state index in [2.05, 4.69) is 5.32 Å². The highest BCUT2D eigenvalue weighted by molar-refractivity contribution is 5.97. The largest absolute Gasteiger partial charge is 0.464 e.